The Bertz CT molecular complexity index is 1040. The minimum Gasteiger partial charge on any atom is -0.457 e. The largest absolute Gasteiger partial charge is 0.457 e. The van der Waals surface area contributed by atoms with Gasteiger partial charge in [0.25, 0.3) is 0 Å². The summed E-state index contributed by atoms with van der Waals surface area (Å²) in [5.74, 6) is 0.936. The van der Waals surface area contributed by atoms with E-state index in [-0.39, 0.29) is 17.8 Å². The number of rotatable bonds is 5. The third kappa shape index (κ3) is 3.83. The number of benzene rings is 2. The molecule has 4 rings (SSSR count). The molecule has 5 heteroatoms. The average molecular weight is 373 g/mol. The molecule has 2 heterocycles. The first kappa shape index (κ1) is 18.0. The topological polar surface area (TPSA) is 83.3 Å². The number of nitrogen functional groups attached to an aromatic ring is 1. The van der Waals surface area contributed by atoms with Crippen molar-refractivity contribution in [1.29, 1.82) is 5.41 Å². The van der Waals surface area contributed by atoms with Gasteiger partial charge < -0.3 is 15.1 Å². The molecular formula is C23H23N3O2. The lowest BCUT2D eigenvalue weighted by atomic mass is 10.1. The van der Waals surface area contributed by atoms with E-state index in [0.717, 1.165) is 41.7 Å². The van der Waals surface area contributed by atoms with Gasteiger partial charge in [0.1, 0.15) is 17.2 Å². The smallest absolute Gasteiger partial charge is 0.227 e. The molecule has 5 nitrogen and oxygen atoms in total. The van der Waals surface area contributed by atoms with Gasteiger partial charge in [0.15, 0.2) is 0 Å². The highest BCUT2D eigenvalue weighted by atomic mass is 16.3. The number of nitrogens with two attached hydrogens (primary N) is 1. The Labute approximate surface area is 164 Å². The van der Waals surface area contributed by atoms with Crippen LogP contribution in [-0.2, 0) is 11.2 Å². The van der Waals surface area contributed by atoms with Gasteiger partial charge in [-0.2, -0.15) is 0 Å². The second kappa shape index (κ2) is 7.72. The van der Waals surface area contributed by atoms with E-state index in [9.17, 15) is 4.79 Å². The lowest BCUT2D eigenvalue weighted by molar-refractivity contribution is -0.130. The van der Waals surface area contributed by atoms with Crippen molar-refractivity contribution >= 4 is 28.8 Å². The van der Waals surface area contributed by atoms with E-state index in [4.69, 9.17) is 15.6 Å². The first-order chi connectivity index (χ1) is 13.6. The summed E-state index contributed by atoms with van der Waals surface area (Å²) in [5.41, 5.74) is 8.03. The number of carbonyl (C=O) groups is 1. The van der Waals surface area contributed by atoms with Crippen LogP contribution < -0.4 is 5.73 Å². The van der Waals surface area contributed by atoms with Crippen molar-refractivity contribution in [2.75, 3.05) is 6.54 Å². The Morgan fingerprint density at radius 3 is 2.82 bits per heavy atom. The van der Waals surface area contributed by atoms with Gasteiger partial charge in [-0.05, 0) is 48.7 Å². The Hall–Kier alpha value is -3.34. The second-order valence-electron chi connectivity index (χ2n) is 7.13. The third-order valence-electron chi connectivity index (χ3n) is 5.15. The van der Waals surface area contributed by atoms with Crippen LogP contribution in [0.1, 0.15) is 29.7 Å². The van der Waals surface area contributed by atoms with Crippen LogP contribution in [0.25, 0.3) is 17.0 Å². The second-order valence-corrected chi connectivity index (χ2v) is 7.13. The van der Waals surface area contributed by atoms with Gasteiger partial charge in [-0.25, -0.2) is 0 Å². The standard InChI is InChI=1S/C23H23N3O2/c24-23(25)17-8-11-21-18(14-17)15-20(28-21)10-9-19-7-4-12-26(19)22(27)13-16-5-2-1-3-6-16/h1-3,5-6,8-11,14-15,19H,4,7,12-13H2,(H3,24,25). The predicted octanol–water partition coefficient (Wildman–Crippen LogP) is 3.96. The molecule has 0 aliphatic carbocycles. The van der Waals surface area contributed by atoms with E-state index in [1.807, 2.05) is 59.5 Å². The number of amidine groups is 1. The number of hydrogen-bond acceptors (Lipinski definition) is 3. The predicted molar refractivity (Wildman–Crippen MR) is 111 cm³/mol. The lowest BCUT2D eigenvalue weighted by Crippen LogP contribution is -2.35. The van der Waals surface area contributed by atoms with Crippen molar-refractivity contribution < 1.29 is 9.21 Å². The molecule has 3 aromatic rings. The number of furan rings is 1. The quantitative estimate of drug-likeness (QED) is 0.524. The Morgan fingerprint density at radius 1 is 1.21 bits per heavy atom. The van der Waals surface area contributed by atoms with Crippen molar-refractivity contribution in [3.05, 3.63) is 77.6 Å². The van der Waals surface area contributed by atoms with Crippen molar-refractivity contribution in [3.8, 4) is 0 Å². The number of amides is 1. The Balaban J connectivity index is 1.48. The van der Waals surface area contributed by atoms with Gasteiger partial charge in [-0.1, -0.05) is 36.4 Å². The summed E-state index contributed by atoms with van der Waals surface area (Å²) in [7, 11) is 0. The summed E-state index contributed by atoms with van der Waals surface area (Å²) in [6.45, 7) is 0.794. The van der Waals surface area contributed by atoms with Crippen molar-refractivity contribution in [2.24, 2.45) is 5.73 Å². The van der Waals surface area contributed by atoms with E-state index >= 15 is 0 Å². The summed E-state index contributed by atoms with van der Waals surface area (Å²) in [5, 5.41) is 8.46. The van der Waals surface area contributed by atoms with E-state index < -0.39 is 0 Å². The van der Waals surface area contributed by atoms with E-state index in [1.165, 1.54) is 0 Å². The maximum absolute atomic E-state index is 12.7. The van der Waals surface area contributed by atoms with Crippen LogP contribution >= 0.6 is 0 Å². The number of hydrogen-bond donors (Lipinski definition) is 2. The molecule has 1 fully saturated rings. The highest BCUT2D eigenvalue weighted by Gasteiger charge is 2.26. The Kier molecular flexibility index (Phi) is 4.98. The van der Waals surface area contributed by atoms with E-state index in [2.05, 4.69) is 6.08 Å². The van der Waals surface area contributed by atoms with Crippen molar-refractivity contribution in [1.82, 2.24) is 4.90 Å². The lowest BCUT2D eigenvalue weighted by Gasteiger charge is -2.22. The molecule has 0 saturated carbocycles. The van der Waals surface area contributed by atoms with Gasteiger partial charge in [0, 0.05) is 17.5 Å². The van der Waals surface area contributed by atoms with Crippen molar-refractivity contribution in [3.63, 3.8) is 0 Å². The van der Waals surface area contributed by atoms with E-state index in [1.54, 1.807) is 6.07 Å². The molecule has 1 aliphatic rings. The highest BCUT2D eigenvalue weighted by molar-refractivity contribution is 5.98. The summed E-state index contributed by atoms with van der Waals surface area (Å²) in [6.07, 6.45) is 6.40. The molecule has 1 aromatic heterocycles. The maximum Gasteiger partial charge on any atom is 0.227 e. The Morgan fingerprint density at radius 2 is 2.04 bits per heavy atom. The van der Waals surface area contributed by atoms with Gasteiger partial charge in [0.05, 0.1) is 12.5 Å². The monoisotopic (exact) mass is 373 g/mol. The summed E-state index contributed by atoms with van der Waals surface area (Å²) < 4.78 is 5.85. The van der Waals surface area contributed by atoms with E-state index in [0.29, 0.717) is 12.0 Å². The van der Waals surface area contributed by atoms with Crippen LogP contribution in [0.3, 0.4) is 0 Å². The zero-order valence-electron chi connectivity index (χ0n) is 15.6. The molecule has 3 N–H and O–H groups in total. The number of likely N-dealkylation sites (tertiary alicyclic amines) is 1. The molecule has 1 unspecified atom stereocenters. The number of nitrogens with zero attached hydrogens (tertiary/aromatic N) is 1. The molecule has 28 heavy (non-hydrogen) atoms. The van der Waals surface area contributed by atoms with Crippen molar-refractivity contribution in [2.45, 2.75) is 25.3 Å². The summed E-state index contributed by atoms with van der Waals surface area (Å²) >= 11 is 0. The van der Waals surface area contributed by atoms with Gasteiger partial charge in [-0.3, -0.25) is 10.2 Å². The van der Waals surface area contributed by atoms with Gasteiger partial charge in [0.2, 0.25) is 5.91 Å². The highest BCUT2D eigenvalue weighted by Crippen LogP contribution is 2.24. The molecule has 1 amide bonds. The maximum atomic E-state index is 12.7. The third-order valence-corrected chi connectivity index (χ3v) is 5.15. The number of carbonyl (C=O) groups excluding carboxylic acids is 1. The molecule has 142 valence electrons. The van der Waals surface area contributed by atoms with Crippen LogP contribution in [0.5, 0.6) is 0 Å². The summed E-state index contributed by atoms with van der Waals surface area (Å²) in [6, 6.07) is 17.3. The molecule has 0 bridgehead atoms. The molecule has 0 spiro atoms. The number of fused-ring (bicyclic) bond motifs is 1. The minimum atomic E-state index is 0.0405. The van der Waals surface area contributed by atoms with Crippen LogP contribution in [0, 0.1) is 5.41 Å². The van der Waals surface area contributed by atoms with Gasteiger partial charge >= 0.3 is 0 Å². The average Bonchev–Trinajstić information content (AvgIpc) is 3.32. The molecule has 1 saturated heterocycles. The van der Waals surface area contributed by atoms with Crippen LogP contribution in [-0.4, -0.2) is 29.2 Å². The first-order valence-corrected chi connectivity index (χ1v) is 9.50. The first-order valence-electron chi connectivity index (χ1n) is 9.50. The fourth-order valence-corrected chi connectivity index (χ4v) is 3.69. The molecular weight excluding hydrogens is 350 g/mol. The fraction of sp³-hybridized carbons (Fsp3) is 0.217. The molecule has 1 aliphatic heterocycles. The molecule has 1 atom stereocenters. The number of nitrogens with one attached hydrogen (secondary N) is 1. The fourth-order valence-electron chi connectivity index (χ4n) is 3.69. The van der Waals surface area contributed by atoms with Crippen LogP contribution in [0.4, 0.5) is 0 Å². The van der Waals surface area contributed by atoms with Gasteiger partial charge in [-0.15, -0.1) is 0 Å². The molecule has 0 radical (unpaired) electrons. The minimum absolute atomic E-state index is 0.0405. The normalized spacial score (nSPS) is 16.9. The summed E-state index contributed by atoms with van der Waals surface area (Å²) in [4.78, 5) is 14.7. The van der Waals surface area contributed by atoms with Crippen LogP contribution in [0.2, 0.25) is 0 Å². The van der Waals surface area contributed by atoms with Crippen LogP contribution in [0.15, 0.2) is 65.1 Å². The SMILES string of the molecule is N=C(N)c1ccc2oc(C=CC3CCCN3C(=O)Cc3ccccc3)cc2c1. The zero-order chi connectivity index (χ0) is 19.5. The molecule has 2 aromatic carbocycles. The zero-order valence-corrected chi connectivity index (χ0v) is 15.6.